The molecule has 1 aliphatic carbocycles. The van der Waals surface area contributed by atoms with E-state index in [9.17, 15) is 4.79 Å². The Morgan fingerprint density at radius 1 is 1.19 bits per heavy atom. The van der Waals surface area contributed by atoms with E-state index in [1.165, 1.54) is 33.4 Å². The molecular formula is C21H21N3OS2. The van der Waals surface area contributed by atoms with Crippen molar-refractivity contribution in [2.24, 2.45) is 0 Å². The maximum Gasteiger partial charge on any atom is 0.233 e. The molecule has 1 aliphatic heterocycles. The third-order valence-corrected chi connectivity index (χ3v) is 7.60. The van der Waals surface area contributed by atoms with E-state index in [4.69, 9.17) is 4.98 Å². The van der Waals surface area contributed by atoms with Crippen LogP contribution in [-0.4, -0.2) is 33.1 Å². The van der Waals surface area contributed by atoms with Crippen LogP contribution in [0.4, 0.5) is 0 Å². The summed E-state index contributed by atoms with van der Waals surface area (Å²) in [5.41, 5.74) is 4.08. The van der Waals surface area contributed by atoms with Gasteiger partial charge in [-0.15, -0.1) is 11.3 Å². The first-order chi connectivity index (χ1) is 13.2. The highest BCUT2D eigenvalue weighted by molar-refractivity contribution is 8.00. The van der Waals surface area contributed by atoms with Gasteiger partial charge in [0.1, 0.15) is 15.7 Å². The zero-order valence-electron chi connectivity index (χ0n) is 15.3. The van der Waals surface area contributed by atoms with Crippen molar-refractivity contribution in [1.29, 1.82) is 0 Å². The van der Waals surface area contributed by atoms with E-state index in [0.29, 0.717) is 5.75 Å². The van der Waals surface area contributed by atoms with E-state index in [-0.39, 0.29) is 5.91 Å². The summed E-state index contributed by atoms with van der Waals surface area (Å²) in [4.78, 5) is 26.7. The van der Waals surface area contributed by atoms with E-state index >= 15 is 0 Å². The Labute approximate surface area is 167 Å². The van der Waals surface area contributed by atoms with Gasteiger partial charge < -0.3 is 4.90 Å². The molecule has 5 rings (SSSR count). The summed E-state index contributed by atoms with van der Waals surface area (Å²) in [6.45, 7) is 3.47. The van der Waals surface area contributed by atoms with Gasteiger partial charge in [0, 0.05) is 23.4 Å². The Kier molecular flexibility index (Phi) is 4.40. The van der Waals surface area contributed by atoms with E-state index in [1.807, 2.05) is 23.2 Å². The Balaban J connectivity index is 1.35. The van der Waals surface area contributed by atoms with Crippen LogP contribution in [0.15, 0.2) is 29.3 Å². The van der Waals surface area contributed by atoms with Gasteiger partial charge in [-0.05, 0) is 49.3 Å². The molecule has 27 heavy (non-hydrogen) atoms. The van der Waals surface area contributed by atoms with E-state index in [1.54, 1.807) is 11.8 Å². The number of hydrogen-bond acceptors (Lipinski definition) is 5. The lowest BCUT2D eigenvalue weighted by Gasteiger charge is -2.28. The first kappa shape index (κ1) is 17.2. The number of aromatic nitrogens is 2. The number of carbonyl (C=O) groups is 1. The summed E-state index contributed by atoms with van der Waals surface area (Å²) in [6, 6.07) is 8.44. The van der Waals surface area contributed by atoms with Crippen molar-refractivity contribution in [3.8, 4) is 0 Å². The molecule has 1 amide bonds. The number of rotatable bonds is 3. The van der Waals surface area contributed by atoms with Crippen LogP contribution in [0.5, 0.6) is 0 Å². The van der Waals surface area contributed by atoms with Gasteiger partial charge in [0.25, 0.3) is 0 Å². The molecule has 6 heteroatoms. The Morgan fingerprint density at radius 3 is 2.93 bits per heavy atom. The number of hydrogen-bond donors (Lipinski definition) is 0. The second kappa shape index (κ2) is 6.91. The van der Waals surface area contributed by atoms with Crippen LogP contribution in [0.3, 0.4) is 0 Å². The van der Waals surface area contributed by atoms with Gasteiger partial charge in [0.15, 0.2) is 0 Å². The molecule has 0 saturated carbocycles. The molecule has 3 heterocycles. The van der Waals surface area contributed by atoms with Crippen molar-refractivity contribution in [1.82, 2.24) is 14.9 Å². The molecule has 1 aromatic carbocycles. The molecular weight excluding hydrogens is 374 g/mol. The third-order valence-electron chi connectivity index (χ3n) is 5.46. The lowest BCUT2D eigenvalue weighted by atomic mass is 10.00. The number of aryl methyl sites for hydroxylation is 3. The van der Waals surface area contributed by atoms with Crippen LogP contribution < -0.4 is 0 Å². The number of benzene rings is 1. The smallest absolute Gasteiger partial charge is 0.233 e. The van der Waals surface area contributed by atoms with Crippen LogP contribution in [0.1, 0.15) is 33.8 Å². The zero-order valence-corrected chi connectivity index (χ0v) is 17.0. The van der Waals surface area contributed by atoms with E-state index < -0.39 is 0 Å². The predicted octanol–water partition coefficient (Wildman–Crippen LogP) is 4.17. The minimum Gasteiger partial charge on any atom is -0.337 e. The molecule has 3 aromatic rings. The molecule has 2 aliphatic rings. The maximum atomic E-state index is 12.8. The molecule has 0 spiro atoms. The van der Waals surface area contributed by atoms with Crippen LogP contribution in [-0.2, 0) is 30.6 Å². The highest BCUT2D eigenvalue weighted by Crippen LogP contribution is 2.40. The molecule has 2 aromatic heterocycles. The Hall–Kier alpha value is -1.92. The lowest BCUT2D eigenvalue weighted by molar-refractivity contribution is -0.129. The summed E-state index contributed by atoms with van der Waals surface area (Å²) >= 11 is 3.39. The standard InChI is InChI=1S/C21H21N3OS2/c1-13-22-20(19-16-7-4-8-17(16)27-21(19)23-13)26-12-18(25)24-10-9-14-5-2-3-6-15(14)11-24/h2-3,5-6H,4,7-12H2,1H3. The van der Waals surface area contributed by atoms with Crippen LogP contribution in [0.25, 0.3) is 10.2 Å². The van der Waals surface area contributed by atoms with Gasteiger partial charge in [-0.2, -0.15) is 0 Å². The van der Waals surface area contributed by atoms with E-state index in [0.717, 1.165) is 48.0 Å². The predicted molar refractivity (Wildman–Crippen MR) is 110 cm³/mol. The first-order valence-electron chi connectivity index (χ1n) is 9.45. The first-order valence-corrected chi connectivity index (χ1v) is 11.3. The highest BCUT2D eigenvalue weighted by atomic mass is 32.2. The number of carbonyl (C=O) groups excluding carboxylic acids is 1. The average molecular weight is 396 g/mol. The largest absolute Gasteiger partial charge is 0.337 e. The van der Waals surface area contributed by atoms with Crippen LogP contribution >= 0.6 is 23.1 Å². The van der Waals surface area contributed by atoms with Crippen LogP contribution in [0, 0.1) is 6.92 Å². The van der Waals surface area contributed by atoms with Crippen molar-refractivity contribution >= 4 is 39.2 Å². The van der Waals surface area contributed by atoms with Gasteiger partial charge in [0.2, 0.25) is 5.91 Å². The fraction of sp³-hybridized carbons (Fsp3) is 0.381. The number of thiophene rings is 1. The Bertz CT molecular complexity index is 1040. The Morgan fingerprint density at radius 2 is 2.04 bits per heavy atom. The fourth-order valence-corrected chi connectivity index (χ4v) is 6.47. The molecule has 0 unspecified atom stereocenters. The van der Waals surface area contributed by atoms with Crippen molar-refractivity contribution in [2.75, 3.05) is 12.3 Å². The minimum atomic E-state index is 0.200. The second-order valence-electron chi connectivity index (χ2n) is 7.24. The van der Waals surface area contributed by atoms with Gasteiger partial charge in [-0.3, -0.25) is 4.79 Å². The summed E-state index contributed by atoms with van der Waals surface area (Å²) in [6.07, 6.45) is 4.44. The van der Waals surface area contributed by atoms with Gasteiger partial charge in [0.05, 0.1) is 5.75 Å². The monoisotopic (exact) mass is 395 g/mol. The van der Waals surface area contributed by atoms with Crippen molar-refractivity contribution in [3.05, 3.63) is 51.7 Å². The number of amides is 1. The number of nitrogens with zero attached hydrogens (tertiary/aromatic N) is 3. The molecule has 0 saturated heterocycles. The number of thioether (sulfide) groups is 1. The quantitative estimate of drug-likeness (QED) is 0.493. The van der Waals surface area contributed by atoms with Gasteiger partial charge in [-0.1, -0.05) is 36.0 Å². The zero-order chi connectivity index (χ0) is 18.4. The topological polar surface area (TPSA) is 46.1 Å². The molecule has 0 bridgehead atoms. The van der Waals surface area contributed by atoms with Gasteiger partial charge >= 0.3 is 0 Å². The normalized spacial score (nSPS) is 15.8. The fourth-order valence-electron chi connectivity index (χ4n) is 4.10. The van der Waals surface area contributed by atoms with E-state index in [2.05, 4.69) is 29.2 Å². The average Bonchev–Trinajstić information content (AvgIpc) is 3.26. The second-order valence-corrected chi connectivity index (χ2v) is 9.28. The SMILES string of the molecule is Cc1nc(SCC(=O)N2CCc3ccccc3C2)c2c3c(sc2n1)CCC3. The molecule has 0 radical (unpaired) electrons. The molecule has 0 fully saturated rings. The summed E-state index contributed by atoms with van der Waals surface area (Å²) in [7, 11) is 0. The molecule has 4 nitrogen and oxygen atoms in total. The summed E-state index contributed by atoms with van der Waals surface area (Å²) in [5.74, 6) is 1.44. The molecule has 0 N–H and O–H groups in total. The van der Waals surface area contributed by atoms with Crippen molar-refractivity contribution in [3.63, 3.8) is 0 Å². The third kappa shape index (κ3) is 3.15. The summed E-state index contributed by atoms with van der Waals surface area (Å²) in [5, 5.41) is 2.20. The van der Waals surface area contributed by atoms with Crippen molar-refractivity contribution < 1.29 is 4.79 Å². The number of fused-ring (bicyclic) bond motifs is 4. The van der Waals surface area contributed by atoms with Crippen molar-refractivity contribution in [2.45, 2.75) is 44.2 Å². The molecule has 138 valence electrons. The minimum absolute atomic E-state index is 0.200. The lowest BCUT2D eigenvalue weighted by Crippen LogP contribution is -2.37. The van der Waals surface area contributed by atoms with Gasteiger partial charge in [-0.25, -0.2) is 9.97 Å². The highest BCUT2D eigenvalue weighted by Gasteiger charge is 2.24. The maximum absolute atomic E-state index is 12.8. The molecule has 0 atom stereocenters. The summed E-state index contributed by atoms with van der Waals surface area (Å²) < 4.78 is 0. The van der Waals surface area contributed by atoms with Crippen LogP contribution in [0.2, 0.25) is 0 Å².